The van der Waals surface area contributed by atoms with Crippen molar-refractivity contribution in [2.24, 2.45) is 4.99 Å². The highest BCUT2D eigenvalue weighted by molar-refractivity contribution is 9.10. The Bertz CT molecular complexity index is 1050. The van der Waals surface area contributed by atoms with Crippen LogP contribution in [0.2, 0.25) is 0 Å². The number of hydrogen-bond donors (Lipinski definition) is 1. The lowest BCUT2D eigenvalue weighted by Crippen LogP contribution is -2.29. The summed E-state index contributed by atoms with van der Waals surface area (Å²) in [5.74, 6) is 0.422. The number of rotatable bonds is 2. The molecule has 0 aliphatic carbocycles. The number of H-pyrrole nitrogens is 1. The van der Waals surface area contributed by atoms with E-state index < -0.39 is 6.04 Å². The zero-order valence-corrected chi connectivity index (χ0v) is 15.2. The lowest BCUT2D eigenvalue weighted by molar-refractivity contribution is 0.790. The molecule has 0 fully saturated rings. The van der Waals surface area contributed by atoms with E-state index in [1.54, 1.807) is 23.6 Å². The maximum Gasteiger partial charge on any atom is 0.277 e. The smallest absolute Gasteiger partial charge is 0.277 e. The van der Waals surface area contributed by atoms with Crippen molar-refractivity contribution in [1.29, 1.82) is 5.26 Å². The number of fused-ring (bicyclic) bond motifs is 1. The fourth-order valence-electron chi connectivity index (χ4n) is 3.10. The van der Waals surface area contributed by atoms with Gasteiger partial charge in [-0.15, -0.1) is 11.3 Å². The first-order valence-corrected chi connectivity index (χ1v) is 9.12. The van der Waals surface area contributed by atoms with E-state index in [1.807, 2.05) is 29.6 Å². The van der Waals surface area contributed by atoms with E-state index in [4.69, 9.17) is 6.57 Å². The SMILES string of the molecule is [C-]#[N+]C1C(c2cccs2)=Nc2[nH]ncc2C1c1cccc(C#N)c1Br. The number of aromatic amines is 1. The van der Waals surface area contributed by atoms with Crippen LogP contribution in [0.1, 0.15) is 27.5 Å². The molecular formula is C18H10BrN5S. The fraction of sp³-hybridized carbons (Fsp3) is 0.111. The minimum atomic E-state index is -0.478. The van der Waals surface area contributed by atoms with Gasteiger partial charge in [-0.05, 0) is 39.0 Å². The summed E-state index contributed by atoms with van der Waals surface area (Å²) in [6.07, 6.45) is 1.72. The first-order valence-electron chi connectivity index (χ1n) is 7.45. The molecular weight excluding hydrogens is 398 g/mol. The third kappa shape index (κ3) is 2.49. The fourth-order valence-corrected chi connectivity index (χ4v) is 4.44. The van der Waals surface area contributed by atoms with Crippen molar-refractivity contribution in [3.8, 4) is 6.07 Å². The summed E-state index contributed by atoms with van der Waals surface area (Å²) < 4.78 is 0.718. The summed E-state index contributed by atoms with van der Waals surface area (Å²) >= 11 is 5.11. The van der Waals surface area contributed by atoms with Crippen LogP contribution < -0.4 is 0 Å². The first-order chi connectivity index (χ1) is 12.2. The average molecular weight is 408 g/mol. The van der Waals surface area contributed by atoms with E-state index in [-0.39, 0.29) is 5.92 Å². The number of nitriles is 1. The van der Waals surface area contributed by atoms with Gasteiger partial charge in [0, 0.05) is 10.0 Å². The van der Waals surface area contributed by atoms with Gasteiger partial charge in [-0.1, -0.05) is 18.2 Å². The molecule has 5 nitrogen and oxygen atoms in total. The minimum absolute atomic E-state index is 0.247. The van der Waals surface area contributed by atoms with Gasteiger partial charge in [0.25, 0.3) is 6.04 Å². The normalized spacial score (nSPS) is 18.8. The molecule has 0 radical (unpaired) electrons. The summed E-state index contributed by atoms with van der Waals surface area (Å²) in [5.41, 5.74) is 3.05. The third-order valence-electron chi connectivity index (χ3n) is 4.21. The zero-order chi connectivity index (χ0) is 17.4. The molecule has 1 aromatic carbocycles. The standard InChI is InChI=1S/C18H10BrN5S/c1-21-17-14(11-5-2-4-10(8-20)15(11)19)12-9-22-24-18(12)23-16(17)13-6-3-7-25-13/h2-7,9,14,17H,(H,22,24). The first kappa shape index (κ1) is 15.8. The van der Waals surface area contributed by atoms with Crippen LogP contribution in [-0.4, -0.2) is 22.0 Å². The Morgan fingerprint density at radius 3 is 2.88 bits per heavy atom. The molecule has 0 amide bonds. The van der Waals surface area contributed by atoms with E-state index in [1.165, 1.54) is 0 Å². The number of hydrogen-bond acceptors (Lipinski definition) is 4. The molecule has 2 unspecified atom stereocenters. The Morgan fingerprint density at radius 2 is 2.16 bits per heavy atom. The minimum Gasteiger partial charge on any atom is -0.306 e. The molecule has 7 heteroatoms. The van der Waals surface area contributed by atoms with Crippen molar-refractivity contribution in [1.82, 2.24) is 10.2 Å². The Labute approximate surface area is 156 Å². The number of thiophene rings is 1. The number of aliphatic imine (C=N–C) groups is 1. The molecule has 4 rings (SSSR count). The zero-order valence-electron chi connectivity index (χ0n) is 12.8. The van der Waals surface area contributed by atoms with Gasteiger partial charge in [-0.25, -0.2) is 11.6 Å². The van der Waals surface area contributed by atoms with Crippen LogP contribution >= 0.6 is 27.3 Å². The van der Waals surface area contributed by atoms with Crippen molar-refractivity contribution in [2.75, 3.05) is 0 Å². The topological polar surface area (TPSA) is 69.2 Å². The summed E-state index contributed by atoms with van der Waals surface area (Å²) in [6, 6.07) is 11.2. The number of nitrogens with zero attached hydrogens (tertiary/aromatic N) is 4. The molecule has 3 aromatic rings. The van der Waals surface area contributed by atoms with Gasteiger partial charge in [-0.2, -0.15) is 10.4 Å². The Balaban J connectivity index is 1.95. The number of aromatic nitrogens is 2. The summed E-state index contributed by atoms with van der Waals surface area (Å²) in [4.78, 5) is 9.53. The molecule has 25 heavy (non-hydrogen) atoms. The van der Waals surface area contributed by atoms with Gasteiger partial charge >= 0.3 is 0 Å². The molecule has 3 heterocycles. The van der Waals surface area contributed by atoms with Crippen LogP contribution in [0.5, 0.6) is 0 Å². The van der Waals surface area contributed by atoms with Crippen LogP contribution in [0, 0.1) is 17.9 Å². The second-order valence-electron chi connectivity index (χ2n) is 5.52. The van der Waals surface area contributed by atoms with Gasteiger partial charge < -0.3 is 4.85 Å². The van der Waals surface area contributed by atoms with Crippen LogP contribution in [-0.2, 0) is 0 Å². The Morgan fingerprint density at radius 1 is 1.28 bits per heavy atom. The molecule has 0 bridgehead atoms. The summed E-state index contributed by atoms with van der Waals surface area (Å²) in [6.45, 7) is 7.81. The van der Waals surface area contributed by atoms with E-state index >= 15 is 0 Å². The van der Waals surface area contributed by atoms with E-state index in [9.17, 15) is 5.26 Å². The third-order valence-corrected chi connectivity index (χ3v) is 5.98. The van der Waals surface area contributed by atoms with E-state index in [2.05, 4.69) is 42.0 Å². The van der Waals surface area contributed by atoms with Crippen molar-refractivity contribution in [3.05, 3.63) is 79.4 Å². The molecule has 1 N–H and O–H groups in total. The van der Waals surface area contributed by atoms with Crippen LogP contribution in [0.15, 0.2) is 51.4 Å². The number of benzene rings is 1. The molecule has 0 saturated carbocycles. The second-order valence-corrected chi connectivity index (χ2v) is 7.26. The van der Waals surface area contributed by atoms with Crippen LogP contribution in [0.3, 0.4) is 0 Å². The highest BCUT2D eigenvalue weighted by Crippen LogP contribution is 2.43. The quantitative estimate of drug-likeness (QED) is 0.627. The van der Waals surface area contributed by atoms with E-state index in [0.717, 1.165) is 26.2 Å². The maximum absolute atomic E-state index is 9.34. The predicted molar refractivity (Wildman–Crippen MR) is 100 cm³/mol. The van der Waals surface area contributed by atoms with Crippen molar-refractivity contribution in [3.63, 3.8) is 0 Å². The molecule has 0 saturated heterocycles. The predicted octanol–water partition coefficient (Wildman–Crippen LogP) is 4.66. The monoisotopic (exact) mass is 407 g/mol. The van der Waals surface area contributed by atoms with Crippen molar-refractivity contribution < 1.29 is 0 Å². The van der Waals surface area contributed by atoms with Crippen molar-refractivity contribution >= 4 is 38.8 Å². The van der Waals surface area contributed by atoms with Crippen LogP contribution in [0.25, 0.3) is 4.85 Å². The second kappa shape index (κ2) is 6.29. The molecule has 1 aliphatic rings. The maximum atomic E-state index is 9.34. The van der Waals surface area contributed by atoms with Gasteiger partial charge in [-0.3, -0.25) is 5.10 Å². The molecule has 120 valence electrons. The van der Waals surface area contributed by atoms with Gasteiger partial charge in [0.1, 0.15) is 11.8 Å². The number of halogens is 1. The molecule has 2 aromatic heterocycles. The lowest BCUT2D eigenvalue weighted by atomic mass is 9.81. The largest absolute Gasteiger partial charge is 0.306 e. The van der Waals surface area contributed by atoms with Gasteiger partial charge in [0.05, 0.1) is 22.6 Å². The summed E-state index contributed by atoms with van der Waals surface area (Å²) in [7, 11) is 0. The van der Waals surface area contributed by atoms with Gasteiger partial charge in [0.2, 0.25) is 0 Å². The summed E-state index contributed by atoms with van der Waals surface area (Å²) in [5, 5.41) is 18.4. The highest BCUT2D eigenvalue weighted by Gasteiger charge is 2.42. The van der Waals surface area contributed by atoms with E-state index in [0.29, 0.717) is 11.4 Å². The molecule has 1 aliphatic heterocycles. The molecule has 2 atom stereocenters. The Hall–Kier alpha value is -2.74. The van der Waals surface area contributed by atoms with Gasteiger partial charge in [0.15, 0.2) is 5.82 Å². The Kier molecular flexibility index (Phi) is 3.96. The van der Waals surface area contributed by atoms with Crippen molar-refractivity contribution in [2.45, 2.75) is 12.0 Å². The average Bonchev–Trinajstić information content (AvgIpc) is 3.31. The van der Waals surface area contributed by atoms with Crippen LogP contribution in [0.4, 0.5) is 5.82 Å². The highest BCUT2D eigenvalue weighted by atomic mass is 79.9. The lowest BCUT2D eigenvalue weighted by Gasteiger charge is -2.24. The molecule has 0 spiro atoms. The number of nitrogens with one attached hydrogen (secondary N) is 1.